The maximum atomic E-state index is 11.2. The molecule has 8 nitrogen and oxygen atoms in total. The van der Waals surface area contributed by atoms with Gasteiger partial charge in [-0.2, -0.15) is 0 Å². The van der Waals surface area contributed by atoms with E-state index in [-0.39, 0.29) is 30.5 Å². The van der Waals surface area contributed by atoms with E-state index in [1.165, 1.54) is 19.2 Å². The summed E-state index contributed by atoms with van der Waals surface area (Å²) >= 11 is 0. The number of rotatable bonds is 7. The molecule has 0 radical (unpaired) electrons. The summed E-state index contributed by atoms with van der Waals surface area (Å²) in [6.45, 7) is 1.31. The van der Waals surface area contributed by atoms with E-state index >= 15 is 0 Å². The van der Waals surface area contributed by atoms with Crippen LogP contribution in [0, 0.1) is 10.1 Å². The molecule has 0 aliphatic carbocycles. The zero-order valence-corrected chi connectivity index (χ0v) is 14.2. The summed E-state index contributed by atoms with van der Waals surface area (Å²) in [7, 11) is 1.43. The Balaban J connectivity index is 0.00000288. The van der Waals surface area contributed by atoms with Gasteiger partial charge in [0.2, 0.25) is 0 Å². The minimum Gasteiger partial charge on any atom is -0.496 e. The van der Waals surface area contributed by atoms with Gasteiger partial charge in [0.15, 0.2) is 5.75 Å². The molecule has 1 saturated heterocycles. The SMILES string of the molecule is COc1ccc(OCCN2CCCCC2C(=O)O)c([N+](=O)[O-])c1.Cl. The van der Waals surface area contributed by atoms with Crippen molar-refractivity contribution < 1.29 is 24.3 Å². The molecule has 1 unspecified atom stereocenters. The monoisotopic (exact) mass is 360 g/mol. The third kappa shape index (κ3) is 4.97. The Bertz CT molecular complexity index is 583. The molecule has 1 heterocycles. The highest BCUT2D eigenvalue weighted by atomic mass is 35.5. The summed E-state index contributed by atoms with van der Waals surface area (Å²) in [6, 6.07) is 3.87. The van der Waals surface area contributed by atoms with Gasteiger partial charge in [0, 0.05) is 6.54 Å². The van der Waals surface area contributed by atoms with E-state index in [9.17, 15) is 20.0 Å². The second kappa shape index (κ2) is 9.29. The average molecular weight is 361 g/mol. The van der Waals surface area contributed by atoms with Gasteiger partial charge in [0.05, 0.1) is 18.1 Å². The van der Waals surface area contributed by atoms with E-state index in [1.807, 2.05) is 4.90 Å². The van der Waals surface area contributed by atoms with E-state index in [0.717, 1.165) is 12.8 Å². The van der Waals surface area contributed by atoms with Crippen LogP contribution in [-0.4, -0.2) is 53.7 Å². The fourth-order valence-electron chi connectivity index (χ4n) is 2.70. The lowest BCUT2D eigenvalue weighted by Crippen LogP contribution is -2.46. The lowest BCUT2D eigenvalue weighted by atomic mass is 10.0. The van der Waals surface area contributed by atoms with Crippen molar-refractivity contribution in [2.45, 2.75) is 25.3 Å². The molecular weight excluding hydrogens is 340 g/mol. The summed E-state index contributed by atoms with van der Waals surface area (Å²) in [4.78, 5) is 23.6. The number of nitro groups is 1. The van der Waals surface area contributed by atoms with Crippen LogP contribution in [0.2, 0.25) is 0 Å². The van der Waals surface area contributed by atoms with Gasteiger partial charge >= 0.3 is 11.7 Å². The van der Waals surface area contributed by atoms with Gasteiger partial charge in [-0.3, -0.25) is 19.8 Å². The normalized spacial score (nSPS) is 17.6. The average Bonchev–Trinajstić information content (AvgIpc) is 2.55. The predicted molar refractivity (Wildman–Crippen MR) is 89.2 cm³/mol. The van der Waals surface area contributed by atoms with Crippen LogP contribution in [0.4, 0.5) is 5.69 Å². The van der Waals surface area contributed by atoms with Crippen molar-refractivity contribution in [3.8, 4) is 11.5 Å². The van der Waals surface area contributed by atoms with Crippen LogP contribution >= 0.6 is 12.4 Å². The summed E-state index contributed by atoms with van der Waals surface area (Å²) < 4.78 is 10.5. The Hall–Kier alpha value is -2.06. The van der Waals surface area contributed by atoms with Crippen molar-refractivity contribution >= 4 is 24.1 Å². The van der Waals surface area contributed by atoms with E-state index in [4.69, 9.17) is 9.47 Å². The molecule has 2 rings (SSSR count). The molecular formula is C15H21ClN2O6. The Morgan fingerprint density at radius 1 is 1.46 bits per heavy atom. The van der Waals surface area contributed by atoms with Crippen molar-refractivity contribution in [1.29, 1.82) is 0 Å². The summed E-state index contributed by atoms with van der Waals surface area (Å²) in [5.74, 6) is -0.300. The number of halogens is 1. The van der Waals surface area contributed by atoms with Crippen LogP contribution in [0.5, 0.6) is 11.5 Å². The first-order valence-corrected chi connectivity index (χ1v) is 7.45. The first-order valence-electron chi connectivity index (χ1n) is 7.45. The molecule has 1 aliphatic heterocycles. The quantitative estimate of drug-likeness (QED) is 0.588. The van der Waals surface area contributed by atoms with E-state index in [0.29, 0.717) is 25.3 Å². The molecule has 134 valence electrons. The highest BCUT2D eigenvalue weighted by Gasteiger charge is 2.28. The molecule has 0 spiro atoms. The predicted octanol–water partition coefficient (Wildman–Crippen LogP) is 2.34. The highest BCUT2D eigenvalue weighted by Crippen LogP contribution is 2.31. The second-order valence-electron chi connectivity index (χ2n) is 5.33. The molecule has 24 heavy (non-hydrogen) atoms. The molecule has 1 aromatic rings. The molecule has 1 aromatic carbocycles. The fourth-order valence-corrected chi connectivity index (χ4v) is 2.70. The Morgan fingerprint density at radius 3 is 2.83 bits per heavy atom. The number of methoxy groups -OCH3 is 1. The summed E-state index contributed by atoms with van der Waals surface area (Å²) in [5, 5.41) is 20.3. The number of hydrogen-bond donors (Lipinski definition) is 1. The van der Waals surface area contributed by atoms with Gasteiger partial charge in [-0.15, -0.1) is 12.4 Å². The lowest BCUT2D eigenvalue weighted by molar-refractivity contribution is -0.385. The van der Waals surface area contributed by atoms with Gasteiger partial charge in [0.1, 0.15) is 18.4 Å². The first-order chi connectivity index (χ1) is 11.0. The maximum Gasteiger partial charge on any atom is 0.320 e. The molecule has 0 amide bonds. The zero-order valence-electron chi connectivity index (χ0n) is 13.3. The number of carboxylic acids is 1. The van der Waals surface area contributed by atoms with Gasteiger partial charge < -0.3 is 14.6 Å². The van der Waals surface area contributed by atoms with Crippen molar-refractivity contribution in [2.75, 3.05) is 26.8 Å². The third-order valence-electron chi connectivity index (χ3n) is 3.90. The van der Waals surface area contributed by atoms with Gasteiger partial charge in [-0.05, 0) is 31.5 Å². The number of carbonyl (C=O) groups is 1. The third-order valence-corrected chi connectivity index (χ3v) is 3.90. The van der Waals surface area contributed by atoms with Gasteiger partial charge in [-0.1, -0.05) is 6.42 Å². The molecule has 0 saturated carbocycles. The minimum absolute atomic E-state index is 0. The fraction of sp³-hybridized carbons (Fsp3) is 0.533. The number of aliphatic carboxylic acids is 1. The molecule has 1 N–H and O–H groups in total. The summed E-state index contributed by atoms with van der Waals surface area (Å²) in [6.07, 6.45) is 2.47. The molecule has 9 heteroatoms. The minimum atomic E-state index is -0.833. The van der Waals surface area contributed by atoms with E-state index < -0.39 is 16.9 Å². The maximum absolute atomic E-state index is 11.2. The van der Waals surface area contributed by atoms with Crippen molar-refractivity contribution in [3.05, 3.63) is 28.3 Å². The van der Waals surface area contributed by atoms with Crippen LogP contribution in [0.3, 0.4) is 0 Å². The smallest absolute Gasteiger partial charge is 0.320 e. The van der Waals surface area contributed by atoms with Crippen LogP contribution < -0.4 is 9.47 Å². The molecule has 0 aromatic heterocycles. The number of benzene rings is 1. The Morgan fingerprint density at radius 2 is 2.21 bits per heavy atom. The molecule has 1 atom stereocenters. The van der Waals surface area contributed by atoms with Crippen LogP contribution in [0.1, 0.15) is 19.3 Å². The van der Waals surface area contributed by atoms with Crippen molar-refractivity contribution in [2.24, 2.45) is 0 Å². The van der Waals surface area contributed by atoms with Crippen molar-refractivity contribution in [3.63, 3.8) is 0 Å². The first kappa shape index (κ1) is 20.0. The zero-order chi connectivity index (χ0) is 16.8. The summed E-state index contributed by atoms with van der Waals surface area (Å²) in [5.41, 5.74) is -0.169. The highest BCUT2D eigenvalue weighted by molar-refractivity contribution is 5.85. The molecule has 1 aliphatic rings. The molecule has 1 fully saturated rings. The topological polar surface area (TPSA) is 102 Å². The van der Waals surface area contributed by atoms with E-state index in [1.54, 1.807) is 6.07 Å². The van der Waals surface area contributed by atoms with Crippen LogP contribution in [-0.2, 0) is 4.79 Å². The number of nitrogens with zero attached hydrogens (tertiary/aromatic N) is 2. The van der Waals surface area contributed by atoms with Crippen LogP contribution in [0.25, 0.3) is 0 Å². The van der Waals surface area contributed by atoms with Crippen LogP contribution in [0.15, 0.2) is 18.2 Å². The standard InChI is InChI=1S/C15H20N2O6.ClH/c1-22-11-5-6-14(13(10-11)17(20)21)23-9-8-16-7-3-2-4-12(16)15(18)19;/h5-6,10,12H,2-4,7-9H2,1H3,(H,18,19);1H. The number of hydrogen-bond acceptors (Lipinski definition) is 6. The number of likely N-dealkylation sites (tertiary alicyclic amines) is 1. The van der Waals surface area contributed by atoms with Gasteiger partial charge in [0.25, 0.3) is 0 Å². The second-order valence-corrected chi connectivity index (χ2v) is 5.33. The Kier molecular flexibility index (Phi) is 7.73. The Labute approximate surface area is 145 Å². The molecule has 0 bridgehead atoms. The van der Waals surface area contributed by atoms with Crippen molar-refractivity contribution in [1.82, 2.24) is 4.90 Å². The van der Waals surface area contributed by atoms with E-state index in [2.05, 4.69) is 0 Å². The number of nitro benzene ring substituents is 1. The van der Waals surface area contributed by atoms with Gasteiger partial charge in [-0.25, -0.2) is 0 Å². The lowest BCUT2D eigenvalue weighted by Gasteiger charge is -2.32. The largest absolute Gasteiger partial charge is 0.496 e. The number of piperidine rings is 1. The number of carboxylic acid groups (broad SMARTS) is 1. The number of ether oxygens (including phenoxy) is 2.